The van der Waals surface area contributed by atoms with Gasteiger partial charge >= 0.3 is 5.97 Å². The van der Waals surface area contributed by atoms with Crippen LogP contribution in [-0.4, -0.2) is 42.6 Å². The molecular weight excluding hydrogens is 228 g/mol. The number of esters is 1. The minimum Gasteiger partial charge on any atom is -0.469 e. The largest absolute Gasteiger partial charge is 0.469 e. The van der Waals surface area contributed by atoms with Crippen LogP contribution < -0.4 is 5.73 Å². The quantitative estimate of drug-likeness (QED) is 0.738. The summed E-state index contributed by atoms with van der Waals surface area (Å²) in [5.74, 6) is -0.115. The monoisotopic (exact) mass is 256 g/mol. The minimum atomic E-state index is -0.115. The van der Waals surface area contributed by atoms with Gasteiger partial charge in [-0.3, -0.25) is 9.69 Å². The van der Waals surface area contributed by atoms with Crippen molar-refractivity contribution in [1.29, 1.82) is 0 Å². The van der Waals surface area contributed by atoms with Crippen molar-refractivity contribution in [2.45, 2.75) is 70.5 Å². The van der Waals surface area contributed by atoms with Crippen molar-refractivity contribution < 1.29 is 9.53 Å². The van der Waals surface area contributed by atoms with Gasteiger partial charge in [-0.25, -0.2) is 0 Å². The number of hydrogen-bond donors (Lipinski definition) is 1. The highest BCUT2D eigenvalue weighted by atomic mass is 16.5. The van der Waals surface area contributed by atoms with Gasteiger partial charge in [-0.05, 0) is 45.6 Å². The molecule has 0 heterocycles. The molecule has 1 unspecified atom stereocenters. The van der Waals surface area contributed by atoms with Crippen LogP contribution in [0.15, 0.2) is 0 Å². The summed E-state index contributed by atoms with van der Waals surface area (Å²) in [5, 5.41) is 0. The molecule has 1 aliphatic carbocycles. The maximum absolute atomic E-state index is 11.4. The number of carbonyl (C=O) groups excluding carboxylic acids is 1. The molecule has 106 valence electrons. The molecule has 0 amide bonds. The Labute approximate surface area is 111 Å². The molecule has 0 aliphatic heterocycles. The van der Waals surface area contributed by atoms with Gasteiger partial charge in [-0.2, -0.15) is 0 Å². The maximum Gasteiger partial charge on any atom is 0.307 e. The van der Waals surface area contributed by atoms with Gasteiger partial charge in [0.1, 0.15) is 0 Å². The van der Waals surface area contributed by atoms with Crippen molar-refractivity contribution in [3.63, 3.8) is 0 Å². The van der Waals surface area contributed by atoms with Crippen molar-refractivity contribution in [2.75, 3.05) is 13.7 Å². The van der Waals surface area contributed by atoms with Crippen molar-refractivity contribution in [2.24, 2.45) is 5.73 Å². The highest BCUT2D eigenvalue weighted by Gasteiger charge is 2.28. The predicted octanol–water partition coefficient (Wildman–Crippen LogP) is 1.92. The second kappa shape index (κ2) is 7.74. The summed E-state index contributed by atoms with van der Waals surface area (Å²) < 4.78 is 4.77. The number of ether oxygens (including phenoxy) is 1. The second-order valence-corrected chi connectivity index (χ2v) is 5.44. The van der Waals surface area contributed by atoms with E-state index in [0.717, 1.165) is 38.6 Å². The van der Waals surface area contributed by atoms with Crippen molar-refractivity contribution in [1.82, 2.24) is 4.90 Å². The second-order valence-electron chi connectivity index (χ2n) is 5.44. The zero-order valence-corrected chi connectivity index (χ0v) is 12.0. The average molecular weight is 256 g/mol. The number of nitrogens with zero attached hydrogens (tertiary/aromatic N) is 1. The van der Waals surface area contributed by atoms with Crippen molar-refractivity contribution in [3.8, 4) is 0 Å². The molecule has 0 aromatic carbocycles. The molecule has 0 radical (unpaired) electrons. The zero-order chi connectivity index (χ0) is 13.5. The first-order chi connectivity index (χ1) is 8.58. The van der Waals surface area contributed by atoms with Crippen molar-refractivity contribution >= 4 is 5.97 Å². The lowest BCUT2D eigenvalue weighted by atomic mass is 9.89. The molecule has 0 aromatic heterocycles. The van der Waals surface area contributed by atoms with Crippen LogP contribution in [0, 0.1) is 0 Å². The van der Waals surface area contributed by atoms with E-state index in [1.807, 2.05) is 0 Å². The molecule has 18 heavy (non-hydrogen) atoms. The van der Waals surface area contributed by atoms with E-state index in [1.165, 1.54) is 7.11 Å². The van der Waals surface area contributed by atoms with Gasteiger partial charge in [0.25, 0.3) is 0 Å². The van der Waals surface area contributed by atoms with Crippen LogP contribution in [0.1, 0.15) is 52.4 Å². The van der Waals surface area contributed by atoms with Gasteiger partial charge < -0.3 is 10.5 Å². The lowest BCUT2D eigenvalue weighted by Gasteiger charge is -2.39. The molecule has 2 N–H and O–H groups in total. The van der Waals surface area contributed by atoms with Gasteiger partial charge in [-0.1, -0.05) is 6.92 Å². The number of rotatable bonds is 6. The van der Waals surface area contributed by atoms with E-state index in [4.69, 9.17) is 10.5 Å². The molecule has 0 saturated heterocycles. The Morgan fingerprint density at radius 3 is 2.50 bits per heavy atom. The van der Waals surface area contributed by atoms with E-state index >= 15 is 0 Å². The zero-order valence-electron chi connectivity index (χ0n) is 12.0. The summed E-state index contributed by atoms with van der Waals surface area (Å²) in [6.07, 6.45) is 6.14. The van der Waals surface area contributed by atoms with Crippen LogP contribution in [0.5, 0.6) is 0 Å². The predicted molar refractivity (Wildman–Crippen MR) is 73.3 cm³/mol. The highest BCUT2D eigenvalue weighted by molar-refractivity contribution is 5.69. The summed E-state index contributed by atoms with van der Waals surface area (Å²) in [7, 11) is 1.46. The van der Waals surface area contributed by atoms with E-state index in [1.54, 1.807) is 0 Å². The fourth-order valence-corrected chi connectivity index (χ4v) is 2.90. The number of hydrogen-bond acceptors (Lipinski definition) is 4. The van der Waals surface area contributed by atoms with Crippen LogP contribution in [0.2, 0.25) is 0 Å². The number of nitrogens with two attached hydrogens (primary N) is 1. The third-order valence-corrected chi connectivity index (χ3v) is 3.95. The molecule has 4 heteroatoms. The average Bonchev–Trinajstić information content (AvgIpc) is 2.37. The van der Waals surface area contributed by atoms with Crippen LogP contribution >= 0.6 is 0 Å². The summed E-state index contributed by atoms with van der Waals surface area (Å²) >= 11 is 0. The van der Waals surface area contributed by atoms with Gasteiger partial charge in [-0.15, -0.1) is 0 Å². The minimum absolute atomic E-state index is 0.115. The summed E-state index contributed by atoms with van der Waals surface area (Å²) in [4.78, 5) is 13.9. The fourth-order valence-electron chi connectivity index (χ4n) is 2.90. The molecule has 1 aliphatic rings. The third-order valence-electron chi connectivity index (χ3n) is 3.95. The Morgan fingerprint density at radius 1 is 1.39 bits per heavy atom. The third kappa shape index (κ3) is 4.58. The Hall–Kier alpha value is -0.610. The SMILES string of the molecule is CCCN(C(C)CC(=O)OC)C1CCC(N)CC1. The molecule has 4 nitrogen and oxygen atoms in total. The number of methoxy groups -OCH3 is 1. The maximum atomic E-state index is 11.4. The Balaban J connectivity index is 2.54. The van der Waals surface area contributed by atoms with E-state index in [0.29, 0.717) is 18.5 Å². The summed E-state index contributed by atoms with van der Waals surface area (Å²) in [6.45, 7) is 5.37. The molecule has 1 fully saturated rings. The topological polar surface area (TPSA) is 55.6 Å². The van der Waals surface area contributed by atoms with Gasteiger partial charge in [0.05, 0.1) is 13.5 Å². The van der Waals surface area contributed by atoms with Gasteiger partial charge in [0.2, 0.25) is 0 Å². The highest BCUT2D eigenvalue weighted by Crippen LogP contribution is 2.24. The Bertz CT molecular complexity index is 250. The van der Waals surface area contributed by atoms with Crippen LogP contribution in [-0.2, 0) is 9.53 Å². The molecule has 0 aromatic rings. The molecular formula is C14H28N2O2. The Morgan fingerprint density at radius 2 is 2.00 bits per heavy atom. The van der Waals surface area contributed by atoms with Crippen LogP contribution in [0.25, 0.3) is 0 Å². The van der Waals surface area contributed by atoms with E-state index in [2.05, 4.69) is 18.7 Å². The van der Waals surface area contributed by atoms with E-state index in [9.17, 15) is 4.79 Å². The molecule has 1 atom stereocenters. The Kier molecular flexibility index (Phi) is 6.65. The van der Waals surface area contributed by atoms with Crippen LogP contribution in [0.4, 0.5) is 0 Å². The standard InChI is InChI=1S/C14H28N2O2/c1-4-9-16(11(2)10-14(17)18-3)13-7-5-12(15)6-8-13/h11-13H,4-10,15H2,1-3H3. The normalized spacial score (nSPS) is 26.1. The fraction of sp³-hybridized carbons (Fsp3) is 0.929. The molecule has 0 spiro atoms. The van der Waals surface area contributed by atoms with E-state index in [-0.39, 0.29) is 12.0 Å². The summed E-state index contributed by atoms with van der Waals surface area (Å²) in [5.41, 5.74) is 5.96. The number of carbonyl (C=O) groups is 1. The molecule has 1 saturated carbocycles. The first-order valence-corrected chi connectivity index (χ1v) is 7.16. The molecule has 0 bridgehead atoms. The summed E-state index contributed by atoms with van der Waals surface area (Å²) in [6, 6.07) is 1.22. The van der Waals surface area contributed by atoms with Crippen LogP contribution in [0.3, 0.4) is 0 Å². The lowest BCUT2D eigenvalue weighted by Crippen LogP contribution is -2.46. The first kappa shape index (κ1) is 15.4. The van der Waals surface area contributed by atoms with Gasteiger partial charge in [0, 0.05) is 18.1 Å². The molecule has 1 rings (SSSR count). The van der Waals surface area contributed by atoms with E-state index < -0.39 is 0 Å². The first-order valence-electron chi connectivity index (χ1n) is 7.16. The lowest BCUT2D eigenvalue weighted by molar-refractivity contribution is -0.142. The van der Waals surface area contributed by atoms with Gasteiger partial charge in [0.15, 0.2) is 0 Å². The van der Waals surface area contributed by atoms with Crippen molar-refractivity contribution in [3.05, 3.63) is 0 Å². The smallest absolute Gasteiger partial charge is 0.307 e.